The third kappa shape index (κ3) is 4.54. The molecule has 0 spiro atoms. The van der Waals surface area contributed by atoms with E-state index in [0.29, 0.717) is 33.9 Å². The molecule has 0 fully saturated rings. The van der Waals surface area contributed by atoms with Crippen LogP contribution in [0.2, 0.25) is 0 Å². The number of halogens is 1. The normalized spacial score (nSPS) is 10.5. The maximum absolute atomic E-state index is 14.7. The van der Waals surface area contributed by atoms with Crippen molar-refractivity contribution < 1.29 is 28.1 Å². The van der Waals surface area contributed by atoms with Gasteiger partial charge in [0.2, 0.25) is 0 Å². The van der Waals surface area contributed by atoms with Gasteiger partial charge in [-0.3, -0.25) is 10.3 Å². The summed E-state index contributed by atoms with van der Waals surface area (Å²) in [7, 11) is 3.05. The number of nitrogens with one attached hydrogen (secondary N) is 1. The third-order valence-electron chi connectivity index (χ3n) is 4.56. The topological polar surface area (TPSA) is 78.9 Å². The quantitative estimate of drug-likeness (QED) is 0.414. The Bertz CT molecular complexity index is 1260. The van der Waals surface area contributed by atoms with Gasteiger partial charge in [0, 0.05) is 29.4 Å². The van der Waals surface area contributed by atoms with Crippen LogP contribution in [0.25, 0.3) is 10.9 Å². The highest BCUT2D eigenvalue weighted by Gasteiger charge is 2.14. The molecule has 3 aromatic carbocycles. The number of rotatable bonds is 6. The van der Waals surface area contributed by atoms with E-state index in [2.05, 4.69) is 10.3 Å². The van der Waals surface area contributed by atoms with Crippen molar-refractivity contribution in [2.24, 2.45) is 0 Å². The van der Waals surface area contributed by atoms with Crippen molar-refractivity contribution in [1.82, 2.24) is 4.98 Å². The van der Waals surface area contributed by atoms with Crippen LogP contribution in [0.3, 0.4) is 0 Å². The molecule has 0 atom stereocenters. The van der Waals surface area contributed by atoms with Crippen molar-refractivity contribution >= 4 is 22.7 Å². The summed E-state index contributed by atoms with van der Waals surface area (Å²) in [5.41, 5.74) is 0.823. The van der Waals surface area contributed by atoms with Gasteiger partial charge in [-0.1, -0.05) is 18.2 Å². The Kier molecular flexibility index (Phi) is 6.03. The molecule has 0 aliphatic heterocycles. The van der Waals surface area contributed by atoms with E-state index in [1.807, 2.05) is 0 Å². The predicted octanol–water partition coefficient (Wildman–Crippen LogP) is 5.79. The second-order valence-electron chi connectivity index (χ2n) is 6.61. The highest BCUT2D eigenvalue weighted by molar-refractivity contribution is 5.88. The lowest BCUT2D eigenvalue weighted by atomic mass is 10.2. The van der Waals surface area contributed by atoms with Gasteiger partial charge in [-0.2, -0.15) is 0 Å². The van der Waals surface area contributed by atoms with Crippen molar-refractivity contribution in [2.75, 3.05) is 19.5 Å². The smallest absolute Gasteiger partial charge is 0.417 e. The lowest BCUT2D eigenvalue weighted by Crippen LogP contribution is -2.16. The third-order valence-corrected chi connectivity index (χ3v) is 4.56. The number of benzene rings is 3. The Balaban J connectivity index is 1.54. The number of ether oxygens (including phenoxy) is 4. The average molecular weight is 434 g/mol. The zero-order valence-electron chi connectivity index (χ0n) is 17.3. The average Bonchev–Trinajstić information content (AvgIpc) is 2.80. The van der Waals surface area contributed by atoms with Crippen LogP contribution in [0.4, 0.5) is 14.9 Å². The van der Waals surface area contributed by atoms with Crippen LogP contribution >= 0.6 is 0 Å². The first-order chi connectivity index (χ1) is 15.6. The predicted molar refractivity (Wildman–Crippen MR) is 117 cm³/mol. The van der Waals surface area contributed by atoms with Crippen molar-refractivity contribution in [3.8, 4) is 28.7 Å². The molecular weight excluding hydrogens is 415 g/mol. The number of methoxy groups -OCH3 is 2. The van der Waals surface area contributed by atoms with Gasteiger partial charge < -0.3 is 18.9 Å². The van der Waals surface area contributed by atoms with Gasteiger partial charge in [0.25, 0.3) is 0 Å². The fraction of sp³-hybridized carbons (Fsp3) is 0.0833. The molecule has 1 N–H and O–H groups in total. The number of carbonyl (C=O) groups excluding carboxylic acids is 1. The number of amides is 1. The zero-order chi connectivity index (χ0) is 22.5. The van der Waals surface area contributed by atoms with Gasteiger partial charge in [-0.15, -0.1) is 0 Å². The minimum atomic E-state index is -0.731. The van der Waals surface area contributed by atoms with Crippen molar-refractivity contribution in [3.63, 3.8) is 0 Å². The Morgan fingerprint density at radius 1 is 0.875 bits per heavy atom. The number of anilines is 1. The fourth-order valence-electron chi connectivity index (χ4n) is 3.06. The Labute approximate surface area is 183 Å². The number of fused-ring (bicyclic) bond motifs is 1. The fourth-order valence-corrected chi connectivity index (χ4v) is 3.06. The largest absolute Gasteiger partial charge is 0.493 e. The molecule has 0 aliphatic rings. The van der Waals surface area contributed by atoms with Crippen LogP contribution in [0.5, 0.6) is 28.7 Å². The highest BCUT2D eigenvalue weighted by Crippen LogP contribution is 2.37. The van der Waals surface area contributed by atoms with Crippen LogP contribution in [-0.4, -0.2) is 25.3 Å². The summed E-state index contributed by atoms with van der Waals surface area (Å²) >= 11 is 0. The highest BCUT2D eigenvalue weighted by atomic mass is 19.1. The monoisotopic (exact) mass is 434 g/mol. The summed E-state index contributed by atoms with van der Waals surface area (Å²) in [6, 6.07) is 17.7. The van der Waals surface area contributed by atoms with Gasteiger partial charge in [0.05, 0.1) is 19.7 Å². The second-order valence-corrected chi connectivity index (χ2v) is 6.61. The van der Waals surface area contributed by atoms with Crippen LogP contribution in [0, 0.1) is 5.82 Å². The minimum Gasteiger partial charge on any atom is -0.493 e. The number of pyridine rings is 1. The summed E-state index contributed by atoms with van der Waals surface area (Å²) < 4.78 is 36.3. The van der Waals surface area contributed by atoms with Gasteiger partial charge in [0.1, 0.15) is 11.5 Å². The summed E-state index contributed by atoms with van der Waals surface area (Å²) in [4.78, 5) is 16.3. The summed E-state index contributed by atoms with van der Waals surface area (Å²) in [6.07, 6.45) is 0.822. The van der Waals surface area contributed by atoms with Gasteiger partial charge in [-0.25, -0.2) is 9.18 Å². The maximum atomic E-state index is 14.7. The van der Waals surface area contributed by atoms with E-state index in [1.165, 1.54) is 26.4 Å². The lowest BCUT2D eigenvalue weighted by molar-refractivity contribution is 0.215. The first kappa shape index (κ1) is 20.9. The van der Waals surface area contributed by atoms with E-state index in [9.17, 15) is 9.18 Å². The maximum Gasteiger partial charge on any atom is 0.417 e. The molecule has 0 radical (unpaired) electrons. The molecule has 4 rings (SSSR count). The van der Waals surface area contributed by atoms with Crippen LogP contribution < -0.4 is 24.3 Å². The zero-order valence-corrected chi connectivity index (χ0v) is 17.3. The number of para-hydroxylation sites is 1. The molecule has 0 unspecified atom stereocenters. The standard InChI is InChI=1S/C24H19FN2O5/c1-29-22-13-17-19(14-23(22)30-2)26-11-10-20(17)32-21-9-8-15(12-18(21)25)27-24(28)31-16-6-4-3-5-7-16/h3-14H,1-2H3,(H,27,28). The summed E-state index contributed by atoms with van der Waals surface area (Å²) in [5, 5.41) is 3.11. The molecule has 0 bridgehead atoms. The SMILES string of the molecule is COc1cc2nccc(Oc3ccc(NC(=O)Oc4ccccc4)cc3F)c2cc1OC. The Morgan fingerprint density at radius 2 is 1.62 bits per heavy atom. The molecule has 4 aromatic rings. The number of carbonyl (C=O) groups is 1. The Morgan fingerprint density at radius 3 is 2.34 bits per heavy atom. The molecule has 7 nitrogen and oxygen atoms in total. The van der Waals surface area contributed by atoms with Crippen molar-refractivity contribution in [3.05, 3.63) is 78.7 Å². The van der Waals surface area contributed by atoms with Crippen LogP contribution in [0.1, 0.15) is 0 Å². The van der Waals surface area contributed by atoms with E-state index in [-0.39, 0.29) is 11.4 Å². The molecular formula is C24H19FN2O5. The van der Waals surface area contributed by atoms with E-state index in [4.69, 9.17) is 18.9 Å². The van der Waals surface area contributed by atoms with Crippen molar-refractivity contribution in [2.45, 2.75) is 0 Å². The molecule has 1 aromatic heterocycles. The first-order valence-electron chi connectivity index (χ1n) is 9.59. The minimum absolute atomic E-state index is 0.0192. The summed E-state index contributed by atoms with van der Waals surface area (Å²) in [6.45, 7) is 0. The van der Waals surface area contributed by atoms with Crippen molar-refractivity contribution in [1.29, 1.82) is 0 Å². The molecule has 0 aliphatic carbocycles. The second kappa shape index (κ2) is 9.22. The number of aromatic nitrogens is 1. The van der Waals surface area contributed by atoms with E-state index < -0.39 is 11.9 Å². The molecule has 32 heavy (non-hydrogen) atoms. The molecule has 0 saturated heterocycles. The van der Waals surface area contributed by atoms with Gasteiger partial charge >= 0.3 is 6.09 Å². The van der Waals surface area contributed by atoms with E-state index in [1.54, 1.807) is 54.7 Å². The molecule has 0 saturated carbocycles. The van der Waals surface area contributed by atoms with Crippen LogP contribution in [-0.2, 0) is 0 Å². The number of nitrogens with zero attached hydrogens (tertiary/aromatic N) is 1. The summed E-state index contributed by atoms with van der Waals surface area (Å²) in [5.74, 6) is 1.10. The van der Waals surface area contributed by atoms with Gasteiger partial charge in [0.15, 0.2) is 23.1 Å². The van der Waals surface area contributed by atoms with Crippen LogP contribution in [0.15, 0.2) is 72.9 Å². The molecule has 8 heteroatoms. The Hall–Kier alpha value is -4.33. The molecule has 1 amide bonds. The van der Waals surface area contributed by atoms with E-state index in [0.717, 1.165) is 6.07 Å². The molecule has 162 valence electrons. The lowest BCUT2D eigenvalue weighted by Gasteiger charge is -2.13. The van der Waals surface area contributed by atoms with Gasteiger partial charge in [-0.05, 0) is 36.4 Å². The number of hydrogen-bond acceptors (Lipinski definition) is 6. The first-order valence-corrected chi connectivity index (χ1v) is 9.59. The molecule has 1 heterocycles. The number of hydrogen-bond donors (Lipinski definition) is 1. The van der Waals surface area contributed by atoms with E-state index >= 15 is 0 Å².